The van der Waals surface area contributed by atoms with Crippen LogP contribution >= 0.6 is 0 Å². The van der Waals surface area contributed by atoms with E-state index < -0.39 is 0 Å². The Hall–Kier alpha value is -2.18. The molecule has 2 aromatic rings. The molecule has 0 spiro atoms. The lowest BCUT2D eigenvalue weighted by atomic mass is 9.88. The number of rotatable bonds is 6. The van der Waals surface area contributed by atoms with Crippen LogP contribution in [-0.4, -0.2) is 47.7 Å². The summed E-state index contributed by atoms with van der Waals surface area (Å²) in [7, 11) is 0. The Morgan fingerprint density at radius 1 is 1.26 bits per heavy atom. The largest absolute Gasteiger partial charge is 0.379 e. The van der Waals surface area contributed by atoms with Crippen LogP contribution in [-0.2, 0) is 17.6 Å². The third-order valence-corrected chi connectivity index (χ3v) is 5.49. The third kappa shape index (κ3) is 4.76. The van der Waals surface area contributed by atoms with Gasteiger partial charge in [-0.2, -0.15) is 0 Å². The molecule has 2 N–H and O–H groups in total. The molecular weight excluding hydrogens is 340 g/mol. The molecule has 0 bridgehead atoms. The van der Waals surface area contributed by atoms with E-state index in [1.807, 2.05) is 0 Å². The van der Waals surface area contributed by atoms with Crippen molar-refractivity contribution < 1.29 is 4.74 Å². The fourth-order valence-electron chi connectivity index (χ4n) is 4.08. The van der Waals surface area contributed by atoms with Crippen molar-refractivity contribution in [2.45, 2.75) is 38.1 Å². The van der Waals surface area contributed by atoms with Crippen molar-refractivity contribution in [3.8, 4) is 0 Å². The molecule has 4 rings (SSSR count). The van der Waals surface area contributed by atoms with Gasteiger partial charge in [0.25, 0.3) is 5.56 Å². The van der Waals surface area contributed by atoms with Crippen molar-refractivity contribution >= 4 is 5.95 Å². The molecule has 144 valence electrons. The lowest BCUT2D eigenvalue weighted by Gasteiger charge is -2.27. The number of H-pyrrole nitrogens is 1. The molecule has 6 heteroatoms. The maximum atomic E-state index is 12.1. The Morgan fingerprint density at radius 3 is 3.00 bits per heavy atom. The van der Waals surface area contributed by atoms with E-state index in [-0.39, 0.29) is 11.6 Å². The number of aromatic nitrogens is 2. The molecule has 2 aliphatic rings. The van der Waals surface area contributed by atoms with E-state index in [9.17, 15) is 4.79 Å². The maximum absolute atomic E-state index is 12.1. The number of aromatic amines is 1. The fourth-order valence-corrected chi connectivity index (χ4v) is 4.08. The number of fused-ring (bicyclic) bond motifs is 1. The van der Waals surface area contributed by atoms with Crippen LogP contribution in [0.2, 0.25) is 0 Å². The number of benzene rings is 1. The highest BCUT2D eigenvalue weighted by molar-refractivity contribution is 5.38. The minimum Gasteiger partial charge on any atom is -0.379 e. The molecule has 27 heavy (non-hydrogen) atoms. The summed E-state index contributed by atoms with van der Waals surface area (Å²) in [5.41, 5.74) is 3.49. The van der Waals surface area contributed by atoms with E-state index in [0.29, 0.717) is 5.95 Å². The Labute approximate surface area is 160 Å². The van der Waals surface area contributed by atoms with Gasteiger partial charge < -0.3 is 10.1 Å². The summed E-state index contributed by atoms with van der Waals surface area (Å²) in [5, 5.41) is 3.46. The number of hydrogen-bond acceptors (Lipinski definition) is 5. The molecule has 0 unspecified atom stereocenters. The summed E-state index contributed by atoms with van der Waals surface area (Å²) in [6, 6.07) is 10.4. The van der Waals surface area contributed by atoms with Crippen molar-refractivity contribution in [1.29, 1.82) is 0 Å². The van der Waals surface area contributed by atoms with Crippen molar-refractivity contribution in [3.05, 3.63) is 57.5 Å². The van der Waals surface area contributed by atoms with Crippen molar-refractivity contribution in [3.63, 3.8) is 0 Å². The van der Waals surface area contributed by atoms with Crippen molar-refractivity contribution in [2.24, 2.45) is 0 Å². The zero-order valence-electron chi connectivity index (χ0n) is 15.7. The number of nitrogens with one attached hydrogen (secondary N) is 2. The molecule has 1 aliphatic carbocycles. The average molecular weight is 368 g/mol. The number of hydrogen-bond donors (Lipinski definition) is 2. The quantitative estimate of drug-likeness (QED) is 0.820. The topological polar surface area (TPSA) is 70.2 Å². The van der Waals surface area contributed by atoms with Crippen LogP contribution in [0, 0.1) is 0 Å². The Bertz CT molecular complexity index is 814. The zero-order valence-corrected chi connectivity index (χ0v) is 15.7. The molecule has 1 atom stereocenters. The molecule has 0 radical (unpaired) electrons. The van der Waals surface area contributed by atoms with Crippen LogP contribution in [0.3, 0.4) is 0 Å². The van der Waals surface area contributed by atoms with Gasteiger partial charge in [-0.05, 0) is 49.8 Å². The van der Waals surface area contributed by atoms with Crippen molar-refractivity contribution in [1.82, 2.24) is 14.9 Å². The highest BCUT2D eigenvalue weighted by Crippen LogP contribution is 2.31. The molecule has 0 amide bonds. The summed E-state index contributed by atoms with van der Waals surface area (Å²) in [4.78, 5) is 22.0. The highest BCUT2D eigenvalue weighted by atomic mass is 16.5. The lowest BCUT2D eigenvalue weighted by molar-refractivity contribution is 0.0374. The SMILES string of the molecule is O=c1cc(CCCN2CCOCC2)nc(N[C@@H]2CCCc3ccccc32)[nH]1. The minimum atomic E-state index is -0.0852. The van der Waals surface area contributed by atoms with Crippen LogP contribution in [0.15, 0.2) is 35.1 Å². The maximum Gasteiger partial charge on any atom is 0.252 e. The van der Waals surface area contributed by atoms with Gasteiger partial charge in [-0.15, -0.1) is 0 Å². The molecular formula is C21H28N4O2. The number of anilines is 1. The van der Waals surface area contributed by atoms with Gasteiger partial charge in [0.15, 0.2) is 0 Å². The molecule has 1 aliphatic heterocycles. The van der Waals surface area contributed by atoms with E-state index >= 15 is 0 Å². The predicted octanol–water partition coefficient (Wildman–Crippen LogP) is 2.52. The summed E-state index contributed by atoms with van der Waals surface area (Å²) >= 11 is 0. The average Bonchev–Trinajstić information content (AvgIpc) is 2.69. The van der Waals surface area contributed by atoms with E-state index in [1.165, 1.54) is 11.1 Å². The van der Waals surface area contributed by atoms with Gasteiger partial charge in [-0.25, -0.2) is 4.98 Å². The third-order valence-electron chi connectivity index (χ3n) is 5.49. The monoisotopic (exact) mass is 368 g/mol. The van der Waals surface area contributed by atoms with Gasteiger partial charge in [-0.3, -0.25) is 14.7 Å². The Kier molecular flexibility index (Phi) is 5.84. The van der Waals surface area contributed by atoms with E-state index in [0.717, 1.165) is 70.6 Å². The van der Waals surface area contributed by atoms with Crippen LogP contribution in [0.5, 0.6) is 0 Å². The zero-order chi connectivity index (χ0) is 18.5. The van der Waals surface area contributed by atoms with E-state index in [2.05, 4.69) is 44.5 Å². The second kappa shape index (κ2) is 8.67. The highest BCUT2D eigenvalue weighted by Gasteiger charge is 2.20. The number of ether oxygens (including phenoxy) is 1. The fraction of sp³-hybridized carbons (Fsp3) is 0.524. The smallest absolute Gasteiger partial charge is 0.252 e. The predicted molar refractivity (Wildman–Crippen MR) is 106 cm³/mol. The normalized spacial score (nSPS) is 20.2. The van der Waals surface area contributed by atoms with Crippen LogP contribution in [0.4, 0.5) is 5.95 Å². The number of morpholine rings is 1. The molecule has 0 saturated carbocycles. The second-order valence-corrected chi connectivity index (χ2v) is 7.43. The first-order chi connectivity index (χ1) is 13.3. The first kappa shape index (κ1) is 18.2. The lowest BCUT2D eigenvalue weighted by Crippen LogP contribution is -2.37. The summed E-state index contributed by atoms with van der Waals surface area (Å²) < 4.78 is 5.39. The molecule has 6 nitrogen and oxygen atoms in total. The van der Waals surface area contributed by atoms with Gasteiger partial charge in [0.05, 0.1) is 19.3 Å². The number of aryl methyl sites for hydroxylation is 2. The van der Waals surface area contributed by atoms with Crippen molar-refractivity contribution in [2.75, 3.05) is 38.2 Å². The Balaban J connectivity index is 1.40. The number of nitrogens with zero attached hydrogens (tertiary/aromatic N) is 2. The van der Waals surface area contributed by atoms with E-state index in [1.54, 1.807) is 6.07 Å². The van der Waals surface area contributed by atoms with Gasteiger partial charge in [0, 0.05) is 24.8 Å². The molecule has 1 fully saturated rings. The van der Waals surface area contributed by atoms with E-state index in [4.69, 9.17) is 4.74 Å². The van der Waals surface area contributed by atoms with Gasteiger partial charge in [0.2, 0.25) is 5.95 Å². The standard InChI is InChI=1S/C21H28N4O2/c26-20-15-17(7-4-10-25-11-13-27-14-12-25)22-21(24-20)23-19-9-3-6-16-5-1-2-8-18(16)19/h1-2,5,8,15,19H,3-4,6-7,9-14H2,(H2,22,23,24,26)/t19-/m1/s1. The minimum absolute atomic E-state index is 0.0852. The summed E-state index contributed by atoms with van der Waals surface area (Å²) in [5.74, 6) is 0.588. The molecule has 2 heterocycles. The summed E-state index contributed by atoms with van der Waals surface area (Å²) in [6.45, 7) is 4.66. The first-order valence-corrected chi connectivity index (χ1v) is 10.0. The second-order valence-electron chi connectivity index (χ2n) is 7.43. The van der Waals surface area contributed by atoms with Gasteiger partial charge in [0.1, 0.15) is 0 Å². The molecule has 1 saturated heterocycles. The summed E-state index contributed by atoms with van der Waals surface area (Å²) in [6.07, 6.45) is 5.15. The first-order valence-electron chi connectivity index (χ1n) is 10.0. The van der Waals surface area contributed by atoms with Gasteiger partial charge in [-0.1, -0.05) is 24.3 Å². The van der Waals surface area contributed by atoms with Crippen LogP contribution in [0.25, 0.3) is 0 Å². The molecule has 1 aromatic carbocycles. The molecule has 1 aromatic heterocycles. The van der Waals surface area contributed by atoms with Gasteiger partial charge >= 0.3 is 0 Å². The Morgan fingerprint density at radius 2 is 2.11 bits per heavy atom. The van der Waals surface area contributed by atoms with Crippen LogP contribution < -0.4 is 10.9 Å². The van der Waals surface area contributed by atoms with Crippen LogP contribution in [0.1, 0.15) is 42.1 Å².